The zero-order chi connectivity index (χ0) is 15.8. The lowest BCUT2D eigenvalue weighted by Gasteiger charge is -2.21. The summed E-state index contributed by atoms with van der Waals surface area (Å²) in [4.78, 5) is 12.1. The Morgan fingerprint density at radius 1 is 1.38 bits per heavy atom. The first-order chi connectivity index (χ1) is 10.0. The van der Waals surface area contributed by atoms with E-state index in [2.05, 4.69) is 30.6 Å². The van der Waals surface area contributed by atoms with Crippen LogP contribution in [0.2, 0.25) is 0 Å². The van der Waals surface area contributed by atoms with Crippen molar-refractivity contribution in [3.05, 3.63) is 23.8 Å². The summed E-state index contributed by atoms with van der Waals surface area (Å²) in [5.74, 6) is 0.506. The van der Waals surface area contributed by atoms with Gasteiger partial charge in [-0.2, -0.15) is 5.26 Å². The predicted octanol–water partition coefficient (Wildman–Crippen LogP) is 2.67. The van der Waals surface area contributed by atoms with Gasteiger partial charge in [0.25, 0.3) is 0 Å². The number of nitriles is 1. The molecular formula is C16H23N3O2. The summed E-state index contributed by atoms with van der Waals surface area (Å²) in [6.07, 6.45) is 1.82. The fraction of sp³-hybridized carbons (Fsp3) is 0.500. The number of nitrogens with one attached hydrogen (secondary N) is 2. The number of rotatable bonds is 7. The van der Waals surface area contributed by atoms with Gasteiger partial charge in [0.1, 0.15) is 11.8 Å². The zero-order valence-corrected chi connectivity index (χ0v) is 13.1. The lowest BCUT2D eigenvalue weighted by Crippen LogP contribution is -2.42. The second-order valence-electron chi connectivity index (χ2n) is 4.91. The zero-order valence-electron chi connectivity index (χ0n) is 13.1. The van der Waals surface area contributed by atoms with Crippen molar-refractivity contribution in [2.45, 2.75) is 45.7 Å². The molecule has 1 amide bonds. The maximum absolute atomic E-state index is 12.1. The maximum atomic E-state index is 12.1. The summed E-state index contributed by atoms with van der Waals surface area (Å²) in [6, 6.07) is 6.96. The van der Waals surface area contributed by atoms with Crippen LogP contribution in [-0.2, 0) is 4.79 Å². The summed E-state index contributed by atoms with van der Waals surface area (Å²) in [5.41, 5.74) is 1.22. The van der Waals surface area contributed by atoms with Gasteiger partial charge in [-0.05, 0) is 31.9 Å². The number of amides is 1. The third kappa shape index (κ3) is 4.67. The van der Waals surface area contributed by atoms with Crippen LogP contribution in [0.1, 0.15) is 39.2 Å². The van der Waals surface area contributed by atoms with Crippen molar-refractivity contribution < 1.29 is 9.53 Å². The van der Waals surface area contributed by atoms with Gasteiger partial charge in [0, 0.05) is 12.1 Å². The molecular weight excluding hydrogens is 266 g/mol. The molecule has 0 aliphatic rings. The van der Waals surface area contributed by atoms with Crippen molar-refractivity contribution in [1.29, 1.82) is 5.26 Å². The topological polar surface area (TPSA) is 74.2 Å². The molecule has 0 saturated heterocycles. The van der Waals surface area contributed by atoms with Crippen LogP contribution in [0.3, 0.4) is 0 Å². The number of ether oxygens (including phenoxy) is 1. The normalized spacial score (nSPS) is 11.6. The molecule has 1 aromatic rings. The molecule has 0 aliphatic carbocycles. The van der Waals surface area contributed by atoms with Gasteiger partial charge in [0.05, 0.1) is 24.4 Å². The summed E-state index contributed by atoms with van der Waals surface area (Å²) in [6.45, 7) is 5.90. The Balaban J connectivity index is 2.76. The maximum Gasteiger partial charge on any atom is 0.242 e. The number of carbonyl (C=O) groups excluding carboxylic acids is 1. The molecule has 0 fully saturated rings. The highest BCUT2D eigenvalue weighted by Crippen LogP contribution is 2.25. The van der Waals surface area contributed by atoms with Crippen LogP contribution in [0.15, 0.2) is 18.2 Å². The molecule has 0 saturated carbocycles. The average molecular weight is 289 g/mol. The van der Waals surface area contributed by atoms with Crippen LogP contribution in [0.25, 0.3) is 0 Å². The first kappa shape index (κ1) is 16.8. The van der Waals surface area contributed by atoms with E-state index in [1.807, 2.05) is 0 Å². The Hall–Kier alpha value is -2.22. The van der Waals surface area contributed by atoms with Crippen LogP contribution in [-0.4, -0.2) is 25.1 Å². The molecule has 1 unspecified atom stereocenters. The smallest absolute Gasteiger partial charge is 0.242 e. The Kier molecular flexibility index (Phi) is 6.54. The highest BCUT2D eigenvalue weighted by molar-refractivity contribution is 5.85. The Morgan fingerprint density at radius 2 is 2.05 bits per heavy atom. The molecule has 1 rings (SSSR count). The molecule has 1 atom stereocenters. The summed E-state index contributed by atoms with van der Waals surface area (Å²) < 4.78 is 5.25. The number of methoxy groups -OCH3 is 1. The molecule has 0 spiro atoms. The van der Waals surface area contributed by atoms with E-state index in [-0.39, 0.29) is 18.0 Å². The Labute approximate surface area is 126 Å². The quantitative estimate of drug-likeness (QED) is 0.809. The van der Waals surface area contributed by atoms with E-state index >= 15 is 0 Å². The summed E-state index contributed by atoms with van der Waals surface area (Å²) in [5, 5.41) is 15.0. The lowest BCUT2D eigenvalue weighted by molar-refractivity contribution is -0.122. The molecule has 2 N–H and O–H groups in total. The number of anilines is 1. The SMILES string of the molecule is CCC(CC)NC(=O)C(C)Nc1ccc(C#N)cc1OC. The second kappa shape index (κ2) is 8.15. The van der Waals surface area contributed by atoms with E-state index in [9.17, 15) is 4.79 Å². The van der Waals surface area contributed by atoms with E-state index in [4.69, 9.17) is 10.00 Å². The van der Waals surface area contributed by atoms with E-state index in [1.54, 1.807) is 25.1 Å². The minimum absolute atomic E-state index is 0.0462. The molecule has 0 radical (unpaired) electrons. The van der Waals surface area contributed by atoms with Gasteiger partial charge in [0.15, 0.2) is 0 Å². The second-order valence-corrected chi connectivity index (χ2v) is 4.91. The highest BCUT2D eigenvalue weighted by atomic mass is 16.5. The van der Waals surface area contributed by atoms with E-state index in [1.165, 1.54) is 7.11 Å². The highest BCUT2D eigenvalue weighted by Gasteiger charge is 2.17. The number of nitrogens with zero attached hydrogens (tertiary/aromatic N) is 1. The third-order valence-corrected chi connectivity index (χ3v) is 3.43. The van der Waals surface area contributed by atoms with E-state index in [0.717, 1.165) is 12.8 Å². The van der Waals surface area contributed by atoms with Gasteiger partial charge in [-0.25, -0.2) is 0 Å². The van der Waals surface area contributed by atoms with Crippen LogP contribution >= 0.6 is 0 Å². The van der Waals surface area contributed by atoms with Crippen LogP contribution in [0.5, 0.6) is 5.75 Å². The van der Waals surface area contributed by atoms with Crippen molar-refractivity contribution in [1.82, 2.24) is 5.32 Å². The molecule has 21 heavy (non-hydrogen) atoms. The minimum Gasteiger partial charge on any atom is -0.495 e. The van der Waals surface area contributed by atoms with Crippen LogP contribution in [0.4, 0.5) is 5.69 Å². The van der Waals surface area contributed by atoms with Crippen molar-refractivity contribution >= 4 is 11.6 Å². The minimum atomic E-state index is -0.382. The van der Waals surface area contributed by atoms with Crippen molar-refractivity contribution in [2.24, 2.45) is 0 Å². The van der Waals surface area contributed by atoms with Gasteiger partial charge >= 0.3 is 0 Å². The molecule has 5 nitrogen and oxygen atoms in total. The molecule has 0 heterocycles. The van der Waals surface area contributed by atoms with Gasteiger partial charge in [0.2, 0.25) is 5.91 Å². The first-order valence-corrected chi connectivity index (χ1v) is 7.20. The van der Waals surface area contributed by atoms with Gasteiger partial charge < -0.3 is 15.4 Å². The number of benzene rings is 1. The molecule has 0 aliphatic heterocycles. The fourth-order valence-electron chi connectivity index (χ4n) is 2.00. The van der Waals surface area contributed by atoms with Crippen molar-refractivity contribution in [3.63, 3.8) is 0 Å². The first-order valence-electron chi connectivity index (χ1n) is 7.20. The Morgan fingerprint density at radius 3 is 2.57 bits per heavy atom. The monoisotopic (exact) mass is 289 g/mol. The third-order valence-electron chi connectivity index (χ3n) is 3.43. The van der Waals surface area contributed by atoms with Crippen LogP contribution < -0.4 is 15.4 Å². The Bertz CT molecular complexity index is 519. The van der Waals surface area contributed by atoms with Gasteiger partial charge in [-0.15, -0.1) is 0 Å². The van der Waals surface area contributed by atoms with Gasteiger partial charge in [-0.1, -0.05) is 13.8 Å². The van der Waals surface area contributed by atoms with Crippen molar-refractivity contribution in [2.75, 3.05) is 12.4 Å². The average Bonchev–Trinajstić information content (AvgIpc) is 2.52. The summed E-state index contributed by atoms with van der Waals surface area (Å²) in [7, 11) is 1.54. The molecule has 114 valence electrons. The van der Waals surface area contributed by atoms with Crippen molar-refractivity contribution in [3.8, 4) is 11.8 Å². The molecule has 0 bridgehead atoms. The number of hydrogen-bond donors (Lipinski definition) is 2. The lowest BCUT2D eigenvalue weighted by atomic mass is 10.1. The standard InChI is InChI=1S/C16H23N3O2/c1-5-13(6-2)19-16(20)11(3)18-14-8-7-12(10-17)9-15(14)21-4/h7-9,11,13,18H,5-6H2,1-4H3,(H,19,20). The van der Waals surface area contributed by atoms with Gasteiger partial charge in [-0.3, -0.25) is 4.79 Å². The predicted molar refractivity (Wildman–Crippen MR) is 83.3 cm³/mol. The number of hydrogen-bond acceptors (Lipinski definition) is 4. The molecule has 0 aromatic heterocycles. The van der Waals surface area contributed by atoms with E-state index < -0.39 is 0 Å². The largest absolute Gasteiger partial charge is 0.495 e. The molecule has 5 heteroatoms. The van der Waals surface area contributed by atoms with Crippen LogP contribution in [0, 0.1) is 11.3 Å². The van der Waals surface area contributed by atoms with E-state index in [0.29, 0.717) is 17.0 Å². The molecule has 1 aromatic carbocycles. The summed E-state index contributed by atoms with van der Waals surface area (Å²) >= 11 is 0. The number of carbonyl (C=O) groups is 1. The fourth-order valence-corrected chi connectivity index (χ4v) is 2.00.